The Morgan fingerprint density at radius 3 is 2.68 bits per heavy atom. The number of amides is 1. The Hall–Kier alpha value is -2.72. The normalized spacial score (nSPS) is 12.1. The van der Waals surface area contributed by atoms with Gasteiger partial charge in [0.05, 0.1) is 0 Å². The first-order valence-electron chi connectivity index (χ1n) is 8.46. The van der Waals surface area contributed by atoms with Crippen LogP contribution in [0, 0.1) is 5.92 Å². The summed E-state index contributed by atoms with van der Waals surface area (Å²) in [6.45, 7) is 3.02. The smallest absolute Gasteiger partial charge is 0.254 e. The molecule has 0 saturated heterocycles. The summed E-state index contributed by atoms with van der Waals surface area (Å²) in [6.07, 6.45) is 3.47. The van der Waals surface area contributed by atoms with Crippen LogP contribution in [0.3, 0.4) is 0 Å². The molecule has 0 fully saturated rings. The van der Waals surface area contributed by atoms with E-state index in [0.717, 1.165) is 16.3 Å². The molecule has 1 atom stereocenters. The number of pyridine rings is 1. The number of aromatic nitrogens is 1. The van der Waals surface area contributed by atoms with Crippen LogP contribution in [-0.4, -0.2) is 34.0 Å². The van der Waals surface area contributed by atoms with Crippen molar-refractivity contribution >= 4 is 16.7 Å². The van der Waals surface area contributed by atoms with Crippen molar-refractivity contribution in [3.05, 3.63) is 78.1 Å². The van der Waals surface area contributed by atoms with E-state index >= 15 is 0 Å². The molecular weight excluding hydrogens is 312 g/mol. The van der Waals surface area contributed by atoms with Gasteiger partial charge in [-0.2, -0.15) is 0 Å². The van der Waals surface area contributed by atoms with Gasteiger partial charge >= 0.3 is 0 Å². The molecule has 0 radical (unpaired) electrons. The van der Waals surface area contributed by atoms with Gasteiger partial charge in [-0.05, 0) is 29.0 Å². The van der Waals surface area contributed by atoms with Crippen LogP contribution in [-0.2, 0) is 6.54 Å². The molecule has 0 saturated carbocycles. The van der Waals surface area contributed by atoms with Crippen LogP contribution >= 0.6 is 0 Å². The molecular formula is C21H22N2O2. The van der Waals surface area contributed by atoms with Crippen LogP contribution in [0.15, 0.2) is 67.0 Å². The standard InChI is InChI=1S/C21H22N2O2/c1-16(15-24)13-23(14-17-6-3-2-4-7-17)21(25)20-9-5-8-18-12-22-11-10-19(18)20/h2-12,16,24H,13-15H2,1H3. The second-order valence-corrected chi connectivity index (χ2v) is 6.36. The van der Waals surface area contributed by atoms with Crippen molar-refractivity contribution in [3.63, 3.8) is 0 Å². The fourth-order valence-electron chi connectivity index (χ4n) is 2.94. The lowest BCUT2D eigenvalue weighted by Gasteiger charge is -2.26. The molecule has 1 heterocycles. The van der Waals surface area contributed by atoms with Crippen LogP contribution in [0.5, 0.6) is 0 Å². The molecule has 0 aliphatic carbocycles. The Morgan fingerprint density at radius 2 is 1.92 bits per heavy atom. The average molecular weight is 334 g/mol. The number of rotatable bonds is 6. The van der Waals surface area contributed by atoms with Gasteiger partial charge in [0, 0.05) is 43.0 Å². The summed E-state index contributed by atoms with van der Waals surface area (Å²) in [6, 6.07) is 17.5. The molecule has 0 bridgehead atoms. The molecule has 1 amide bonds. The van der Waals surface area contributed by atoms with Crippen molar-refractivity contribution in [2.45, 2.75) is 13.5 Å². The number of aliphatic hydroxyl groups is 1. The van der Waals surface area contributed by atoms with Crippen LogP contribution in [0.2, 0.25) is 0 Å². The first-order valence-corrected chi connectivity index (χ1v) is 8.46. The summed E-state index contributed by atoms with van der Waals surface area (Å²) in [5, 5.41) is 11.3. The lowest BCUT2D eigenvalue weighted by molar-refractivity contribution is 0.0696. The van der Waals surface area contributed by atoms with Crippen LogP contribution in [0.4, 0.5) is 0 Å². The summed E-state index contributed by atoms with van der Waals surface area (Å²) in [4.78, 5) is 19.2. The Morgan fingerprint density at radius 1 is 1.12 bits per heavy atom. The maximum Gasteiger partial charge on any atom is 0.254 e. The second kappa shape index (κ2) is 7.90. The minimum absolute atomic E-state index is 0.0179. The van der Waals surface area contributed by atoms with Crippen LogP contribution in [0.1, 0.15) is 22.8 Å². The molecule has 4 nitrogen and oxygen atoms in total. The third-order valence-electron chi connectivity index (χ3n) is 4.26. The van der Waals surface area contributed by atoms with E-state index in [2.05, 4.69) is 4.98 Å². The first kappa shape index (κ1) is 17.1. The molecule has 0 spiro atoms. The summed E-state index contributed by atoms with van der Waals surface area (Å²) in [5.41, 5.74) is 1.74. The van der Waals surface area contributed by atoms with Gasteiger partial charge in [-0.25, -0.2) is 0 Å². The van der Waals surface area contributed by atoms with Gasteiger partial charge in [-0.15, -0.1) is 0 Å². The lowest BCUT2D eigenvalue weighted by Crippen LogP contribution is -2.35. The zero-order valence-electron chi connectivity index (χ0n) is 14.3. The highest BCUT2D eigenvalue weighted by Gasteiger charge is 2.20. The summed E-state index contributed by atoms with van der Waals surface area (Å²) >= 11 is 0. The fraction of sp³-hybridized carbons (Fsp3) is 0.238. The van der Waals surface area contributed by atoms with E-state index in [-0.39, 0.29) is 18.4 Å². The van der Waals surface area contributed by atoms with Crippen molar-refractivity contribution in [2.24, 2.45) is 5.92 Å². The zero-order valence-corrected chi connectivity index (χ0v) is 14.3. The van der Waals surface area contributed by atoms with Crippen molar-refractivity contribution in [3.8, 4) is 0 Å². The second-order valence-electron chi connectivity index (χ2n) is 6.36. The van der Waals surface area contributed by atoms with Crippen LogP contribution < -0.4 is 0 Å². The molecule has 3 aromatic rings. The maximum atomic E-state index is 13.2. The number of benzene rings is 2. The van der Waals surface area contributed by atoms with E-state index in [9.17, 15) is 9.90 Å². The SMILES string of the molecule is CC(CO)CN(Cc1ccccc1)C(=O)c1cccc2cnccc12. The van der Waals surface area contributed by atoms with Crippen molar-refractivity contribution in [1.82, 2.24) is 9.88 Å². The van der Waals surface area contributed by atoms with E-state index in [1.54, 1.807) is 12.4 Å². The number of nitrogens with zero attached hydrogens (tertiary/aromatic N) is 2. The molecule has 0 aliphatic rings. The van der Waals surface area contributed by atoms with Crippen molar-refractivity contribution in [2.75, 3.05) is 13.2 Å². The summed E-state index contributed by atoms with van der Waals surface area (Å²) < 4.78 is 0. The number of hydrogen-bond donors (Lipinski definition) is 1. The van der Waals surface area contributed by atoms with Gasteiger partial charge in [-0.3, -0.25) is 9.78 Å². The minimum atomic E-state index is -0.0269. The van der Waals surface area contributed by atoms with Crippen LogP contribution in [0.25, 0.3) is 10.8 Å². The molecule has 25 heavy (non-hydrogen) atoms. The van der Waals surface area contributed by atoms with E-state index in [1.165, 1.54) is 0 Å². The quantitative estimate of drug-likeness (QED) is 0.750. The number of carbonyl (C=O) groups excluding carboxylic acids is 1. The predicted octanol–water partition coefficient (Wildman–Crippen LogP) is 3.51. The number of aliphatic hydroxyl groups excluding tert-OH is 1. The molecule has 4 heteroatoms. The molecule has 1 aromatic heterocycles. The average Bonchev–Trinajstić information content (AvgIpc) is 2.67. The molecule has 1 N–H and O–H groups in total. The predicted molar refractivity (Wildman–Crippen MR) is 99.2 cm³/mol. The molecule has 0 aliphatic heterocycles. The molecule has 128 valence electrons. The molecule has 2 aromatic carbocycles. The topological polar surface area (TPSA) is 53.4 Å². The van der Waals surface area contributed by atoms with E-state index < -0.39 is 0 Å². The Balaban J connectivity index is 1.95. The Kier molecular flexibility index (Phi) is 5.41. The summed E-state index contributed by atoms with van der Waals surface area (Å²) in [5.74, 6) is -0.00902. The lowest BCUT2D eigenvalue weighted by atomic mass is 10.0. The fourth-order valence-corrected chi connectivity index (χ4v) is 2.94. The van der Waals surface area contributed by atoms with E-state index in [0.29, 0.717) is 18.7 Å². The largest absolute Gasteiger partial charge is 0.396 e. The highest BCUT2D eigenvalue weighted by atomic mass is 16.3. The van der Waals surface area contributed by atoms with E-state index in [1.807, 2.05) is 66.4 Å². The highest BCUT2D eigenvalue weighted by molar-refractivity contribution is 6.06. The molecule has 3 rings (SSSR count). The third-order valence-corrected chi connectivity index (χ3v) is 4.26. The zero-order chi connectivity index (χ0) is 17.6. The van der Waals surface area contributed by atoms with Gasteiger partial charge in [0.2, 0.25) is 0 Å². The van der Waals surface area contributed by atoms with Gasteiger partial charge in [0.1, 0.15) is 0 Å². The van der Waals surface area contributed by atoms with Gasteiger partial charge in [-0.1, -0.05) is 49.4 Å². The van der Waals surface area contributed by atoms with Gasteiger partial charge in [0.25, 0.3) is 5.91 Å². The van der Waals surface area contributed by atoms with E-state index in [4.69, 9.17) is 0 Å². The minimum Gasteiger partial charge on any atom is -0.396 e. The molecule has 1 unspecified atom stereocenters. The number of hydrogen-bond acceptors (Lipinski definition) is 3. The number of fused-ring (bicyclic) bond motifs is 1. The van der Waals surface area contributed by atoms with Gasteiger partial charge < -0.3 is 10.0 Å². The Bertz CT molecular complexity index is 843. The Labute approximate surface area is 147 Å². The van der Waals surface area contributed by atoms with Crippen molar-refractivity contribution < 1.29 is 9.90 Å². The number of carbonyl (C=O) groups is 1. The van der Waals surface area contributed by atoms with Gasteiger partial charge in [0.15, 0.2) is 0 Å². The van der Waals surface area contributed by atoms with Crippen molar-refractivity contribution in [1.29, 1.82) is 0 Å². The summed E-state index contributed by atoms with van der Waals surface area (Å²) in [7, 11) is 0. The maximum absolute atomic E-state index is 13.2. The highest BCUT2D eigenvalue weighted by Crippen LogP contribution is 2.21. The first-order chi connectivity index (χ1) is 12.2. The third kappa shape index (κ3) is 4.03. The monoisotopic (exact) mass is 334 g/mol.